The number of benzene rings is 1. The summed E-state index contributed by atoms with van der Waals surface area (Å²) in [5, 5.41) is 0. The van der Waals surface area contributed by atoms with Crippen molar-refractivity contribution in [2.45, 2.75) is 57.1 Å². The van der Waals surface area contributed by atoms with Crippen LogP contribution in [0.1, 0.15) is 44.9 Å². The van der Waals surface area contributed by atoms with Crippen molar-refractivity contribution in [3.8, 4) is 0 Å². The van der Waals surface area contributed by atoms with Gasteiger partial charge in [0.1, 0.15) is 0 Å². The van der Waals surface area contributed by atoms with E-state index in [9.17, 15) is 8.42 Å². The van der Waals surface area contributed by atoms with E-state index in [2.05, 4.69) is 39.2 Å². The average Bonchev–Trinajstić information content (AvgIpc) is 2.72. The SMILES string of the molecule is C=CCN(C)CCCCCO[C@H]1CC[C@H](N(C)S(=O)(=O)Nc2ccc(Br)cc2)CC1. The second kappa shape index (κ2) is 12.8. The van der Waals surface area contributed by atoms with Crippen LogP contribution in [-0.2, 0) is 14.9 Å². The van der Waals surface area contributed by atoms with Gasteiger partial charge in [0.25, 0.3) is 0 Å². The Hall–Kier alpha value is -0.930. The summed E-state index contributed by atoms with van der Waals surface area (Å²) in [7, 11) is 0.212. The van der Waals surface area contributed by atoms with Gasteiger partial charge in [0.15, 0.2) is 0 Å². The molecule has 0 bridgehead atoms. The Kier molecular flexibility index (Phi) is 10.8. The molecule has 0 spiro atoms. The van der Waals surface area contributed by atoms with Gasteiger partial charge in [-0.1, -0.05) is 22.0 Å². The molecule has 0 radical (unpaired) electrons. The number of halogens is 1. The highest BCUT2D eigenvalue weighted by atomic mass is 79.9. The van der Waals surface area contributed by atoms with Gasteiger partial charge in [-0.15, -0.1) is 6.58 Å². The predicted molar refractivity (Wildman–Crippen MR) is 128 cm³/mol. The molecule has 0 aliphatic heterocycles. The standard InChI is InChI=1S/C22H36BrN3O3S/c1-4-16-25(2)17-6-5-7-18-29-22-14-12-21(13-15-22)26(3)30(27,28)24-20-10-8-19(23)9-11-20/h4,8-11,21-22,24H,1,5-7,12-18H2,2-3H3/t21-,22-. The van der Waals surface area contributed by atoms with E-state index in [1.54, 1.807) is 19.2 Å². The van der Waals surface area contributed by atoms with Crippen molar-refractivity contribution in [3.05, 3.63) is 41.4 Å². The third kappa shape index (κ3) is 8.67. The average molecular weight is 503 g/mol. The summed E-state index contributed by atoms with van der Waals surface area (Å²) < 4.78 is 36.5. The Labute approximate surface area is 191 Å². The Morgan fingerprint density at radius 1 is 1.13 bits per heavy atom. The second-order valence-electron chi connectivity index (χ2n) is 8.04. The van der Waals surface area contributed by atoms with Crippen LogP contribution >= 0.6 is 15.9 Å². The van der Waals surface area contributed by atoms with Crippen LogP contribution in [0.3, 0.4) is 0 Å². The molecule has 0 amide bonds. The maximum absolute atomic E-state index is 12.7. The molecule has 1 fully saturated rings. The maximum Gasteiger partial charge on any atom is 0.301 e. The molecule has 1 aromatic rings. The number of anilines is 1. The minimum absolute atomic E-state index is 0.0122. The van der Waals surface area contributed by atoms with Crippen LogP contribution in [0.4, 0.5) is 5.69 Å². The van der Waals surface area contributed by atoms with Gasteiger partial charge in [-0.25, -0.2) is 0 Å². The molecule has 0 saturated heterocycles. The van der Waals surface area contributed by atoms with Gasteiger partial charge in [-0.3, -0.25) is 4.72 Å². The van der Waals surface area contributed by atoms with E-state index in [-0.39, 0.29) is 12.1 Å². The molecule has 170 valence electrons. The van der Waals surface area contributed by atoms with Gasteiger partial charge in [-0.05, 0) is 82.8 Å². The van der Waals surface area contributed by atoms with Crippen LogP contribution in [-0.4, -0.2) is 63.6 Å². The first-order chi connectivity index (χ1) is 14.3. The minimum Gasteiger partial charge on any atom is -0.378 e. The van der Waals surface area contributed by atoms with Crippen molar-refractivity contribution < 1.29 is 13.2 Å². The fourth-order valence-electron chi connectivity index (χ4n) is 3.73. The first kappa shape index (κ1) is 25.3. The van der Waals surface area contributed by atoms with E-state index >= 15 is 0 Å². The predicted octanol–water partition coefficient (Wildman–Crippen LogP) is 4.65. The first-order valence-electron chi connectivity index (χ1n) is 10.7. The molecule has 1 saturated carbocycles. The van der Waals surface area contributed by atoms with Crippen molar-refractivity contribution in [1.82, 2.24) is 9.21 Å². The van der Waals surface area contributed by atoms with E-state index in [1.807, 2.05) is 18.2 Å². The second-order valence-corrected chi connectivity index (χ2v) is 10.7. The van der Waals surface area contributed by atoms with Crippen LogP contribution in [0, 0.1) is 0 Å². The lowest BCUT2D eigenvalue weighted by atomic mass is 9.93. The molecule has 1 aliphatic carbocycles. The molecule has 6 nitrogen and oxygen atoms in total. The smallest absolute Gasteiger partial charge is 0.301 e. The van der Waals surface area contributed by atoms with Gasteiger partial charge in [0.2, 0.25) is 0 Å². The molecule has 1 aromatic carbocycles. The molecule has 0 unspecified atom stereocenters. The van der Waals surface area contributed by atoms with Gasteiger partial charge in [0.05, 0.1) is 6.10 Å². The number of ether oxygens (including phenoxy) is 1. The monoisotopic (exact) mass is 501 g/mol. The van der Waals surface area contributed by atoms with Gasteiger partial charge >= 0.3 is 10.2 Å². The third-order valence-electron chi connectivity index (χ3n) is 5.61. The molecule has 30 heavy (non-hydrogen) atoms. The summed E-state index contributed by atoms with van der Waals surface area (Å²) in [6.07, 6.45) is 9.07. The number of likely N-dealkylation sites (N-methyl/N-ethyl adjacent to an activating group) is 1. The highest BCUT2D eigenvalue weighted by Crippen LogP contribution is 2.27. The fourth-order valence-corrected chi connectivity index (χ4v) is 5.18. The van der Waals surface area contributed by atoms with Gasteiger partial charge in [-0.2, -0.15) is 12.7 Å². The zero-order chi connectivity index (χ0) is 22.0. The Balaban J connectivity index is 1.65. The summed E-state index contributed by atoms with van der Waals surface area (Å²) in [5.74, 6) is 0. The molecular weight excluding hydrogens is 466 g/mol. The highest BCUT2D eigenvalue weighted by Gasteiger charge is 2.30. The van der Waals surface area contributed by atoms with E-state index in [0.717, 1.165) is 56.3 Å². The number of nitrogens with zero attached hydrogens (tertiary/aromatic N) is 2. The summed E-state index contributed by atoms with van der Waals surface area (Å²) in [6, 6.07) is 7.15. The fraction of sp³-hybridized carbons (Fsp3) is 0.636. The molecule has 0 aromatic heterocycles. The Morgan fingerprint density at radius 2 is 1.80 bits per heavy atom. The lowest BCUT2D eigenvalue weighted by molar-refractivity contribution is 0.0156. The largest absolute Gasteiger partial charge is 0.378 e. The van der Waals surface area contributed by atoms with Crippen LogP contribution < -0.4 is 4.72 Å². The first-order valence-corrected chi connectivity index (χ1v) is 13.0. The Bertz CT molecular complexity index is 734. The zero-order valence-electron chi connectivity index (χ0n) is 18.2. The quantitative estimate of drug-likeness (QED) is 0.315. The summed E-state index contributed by atoms with van der Waals surface area (Å²) >= 11 is 3.36. The molecular formula is C22H36BrN3O3S. The molecule has 2 rings (SSSR count). The van der Waals surface area contributed by atoms with Crippen molar-refractivity contribution in [2.75, 3.05) is 38.5 Å². The van der Waals surface area contributed by atoms with Gasteiger partial charge < -0.3 is 9.64 Å². The van der Waals surface area contributed by atoms with Crippen LogP contribution in [0.15, 0.2) is 41.4 Å². The van der Waals surface area contributed by atoms with Crippen molar-refractivity contribution >= 4 is 31.8 Å². The van der Waals surface area contributed by atoms with Crippen molar-refractivity contribution in [1.29, 1.82) is 0 Å². The van der Waals surface area contributed by atoms with Gasteiger partial charge in [0, 0.05) is 36.4 Å². The Morgan fingerprint density at radius 3 is 2.43 bits per heavy atom. The number of hydrogen-bond donors (Lipinski definition) is 1. The highest BCUT2D eigenvalue weighted by molar-refractivity contribution is 9.10. The van der Waals surface area contributed by atoms with Crippen molar-refractivity contribution in [2.24, 2.45) is 0 Å². The molecule has 1 N–H and O–H groups in total. The maximum atomic E-state index is 12.7. The normalized spacial score (nSPS) is 19.9. The summed E-state index contributed by atoms with van der Waals surface area (Å²) in [4.78, 5) is 2.27. The van der Waals surface area contributed by atoms with Crippen LogP contribution in [0.5, 0.6) is 0 Å². The van der Waals surface area contributed by atoms with E-state index < -0.39 is 10.2 Å². The van der Waals surface area contributed by atoms with Crippen LogP contribution in [0.25, 0.3) is 0 Å². The zero-order valence-corrected chi connectivity index (χ0v) is 20.6. The minimum atomic E-state index is -3.56. The topological polar surface area (TPSA) is 61.9 Å². The number of unbranched alkanes of at least 4 members (excludes halogenated alkanes) is 2. The van der Waals surface area contributed by atoms with E-state index in [4.69, 9.17) is 4.74 Å². The van der Waals surface area contributed by atoms with E-state index in [1.165, 1.54) is 17.1 Å². The van der Waals surface area contributed by atoms with Crippen LogP contribution in [0.2, 0.25) is 0 Å². The molecule has 1 aliphatic rings. The number of rotatable bonds is 13. The molecule has 0 atom stereocenters. The molecule has 0 heterocycles. The lowest BCUT2D eigenvalue weighted by Gasteiger charge is -2.34. The van der Waals surface area contributed by atoms with Crippen molar-refractivity contribution in [3.63, 3.8) is 0 Å². The van der Waals surface area contributed by atoms with E-state index in [0.29, 0.717) is 5.69 Å². The summed E-state index contributed by atoms with van der Waals surface area (Å²) in [5.41, 5.74) is 0.567. The summed E-state index contributed by atoms with van der Waals surface area (Å²) in [6.45, 7) is 6.57. The number of hydrogen-bond acceptors (Lipinski definition) is 4. The third-order valence-corrected chi connectivity index (χ3v) is 7.69. The number of nitrogens with one attached hydrogen (secondary N) is 1. The molecule has 8 heteroatoms. The lowest BCUT2D eigenvalue weighted by Crippen LogP contribution is -2.43.